The maximum Gasteiger partial charge on any atom is 0.0436 e. The van der Waals surface area contributed by atoms with E-state index in [1.807, 2.05) is 6.07 Å². The van der Waals surface area contributed by atoms with Crippen molar-refractivity contribution in [3.8, 4) is 0 Å². The molecule has 1 aromatic rings. The molecule has 1 nitrogen and oxygen atoms in total. The van der Waals surface area contributed by atoms with E-state index in [2.05, 4.69) is 43.3 Å². The fourth-order valence-electron chi connectivity index (χ4n) is 2.00. The minimum Gasteiger partial charge on any atom is -0.396 e. The fraction of sp³-hybridized carbons (Fsp3) is 0.500. The Labute approximate surface area is 105 Å². The summed E-state index contributed by atoms with van der Waals surface area (Å²) >= 11 is 0. The van der Waals surface area contributed by atoms with Gasteiger partial charge < -0.3 is 5.11 Å². The Morgan fingerprint density at radius 3 is 2.59 bits per heavy atom. The molecule has 0 amide bonds. The highest BCUT2D eigenvalue weighted by molar-refractivity contribution is 5.20. The molecule has 0 aliphatic carbocycles. The Bertz CT molecular complexity index is 303. The van der Waals surface area contributed by atoms with Crippen LogP contribution in [0.15, 0.2) is 42.5 Å². The molecular weight excluding hydrogens is 208 g/mol. The Balaban J connectivity index is 2.46. The van der Waals surface area contributed by atoms with Gasteiger partial charge in [-0.25, -0.2) is 0 Å². The van der Waals surface area contributed by atoms with Gasteiger partial charge in [0.05, 0.1) is 0 Å². The molecule has 0 saturated heterocycles. The lowest BCUT2D eigenvalue weighted by Gasteiger charge is -2.13. The Morgan fingerprint density at radius 2 is 1.94 bits per heavy atom. The zero-order chi connectivity index (χ0) is 12.3. The van der Waals surface area contributed by atoms with Crippen LogP contribution in [-0.4, -0.2) is 11.7 Å². The molecule has 0 bridgehead atoms. The van der Waals surface area contributed by atoms with Crippen molar-refractivity contribution in [1.82, 2.24) is 0 Å². The molecule has 1 rings (SSSR count). The molecule has 94 valence electrons. The smallest absolute Gasteiger partial charge is 0.0436 e. The molecule has 0 spiro atoms. The molecule has 0 heterocycles. The van der Waals surface area contributed by atoms with Gasteiger partial charge in [0, 0.05) is 6.61 Å². The molecule has 0 fully saturated rings. The van der Waals surface area contributed by atoms with Gasteiger partial charge in [0.1, 0.15) is 0 Å². The maximum absolute atomic E-state index is 9.11. The largest absolute Gasteiger partial charge is 0.396 e. The first-order valence-corrected chi connectivity index (χ1v) is 6.69. The van der Waals surface area contributed by atoms with Crippen LogP contribution in [0, 0.1) is 0 Å². The summed E-state index contributed by atoms with van der Waals surface area (Å²) in [6.07, 6.45) is 10.1. The number of unbranched alkanes of at least 4 members (excludes halogenated alkanes) is 2. The Hall–Kier alpha value is -1.08. The highest BCUT2D eigenvalue weighted by Crippen LogP contribution is 2.23. The van der Waals surface area contributed by atoms with E-state index in [9.17, 15) is 0 Å². The van der Waals surface area contributed by atoms with Crippen molar-refractivity contribution in [2.24, 2.45) is 0 Å². The summed E-state index contributed by atoms with van der Waals surface area (Å²) in [5, 5.41) is 9.11. The zero-order valence-electron chi connectivity index (χ0n) is 10.8. The Kier molecular flexibility index (Phi) is 7.40. The van der Waals surface area contributed by atoms with E-state index >= 15 is 0 Å². The van der Waals surface area contributed by atoms with E-state index < -0.39 is 0 Å². The van der Waals surface area contributed by atoms with Crippen molar-refractivity contribution in [3.63, 3.8) is 0 Å². The standard InChI is InChI=1S/C16H24O/c1-2-3-4-5-7-12-16(13-14-17)15-10-8-6-9-11-15/h5-11,16-17H,2-4,12-14H2,1H3/b7-5+. The molecule has 0 aliphatic rings. The van der Waals surface area contributed by atoms with Crippen LogP contribution in [-0.2, 0) is 0 Å². The van der Waals surface area contributed by atoms with Crippen LogP contribution in [0.4, 0.5) is 0 Å². The van der Waals surface area contributed by atoms with Crippen LogP contribution in [0.2, 0.25) is 0 Å². The molecule has 1 aromatic carbocycles. The van der Waals surface area contributed by atoms with Gasteiger partial charge in [-0.2, -0.15) is 0 Å². The van der Waals surface area contributed by atoms with Crippen molar-refractivity contribution in [3.05, 3.63) is 48.0 Å². The van der Waals surface area contributed by atoms with E-state index in [0.29, 0.717) is 5.92 Å². The Morgan fingerprint density at radius 1 is 1.18 bits per heavy atom. The van der Waals surface area contributed by atoms with E-state index in [0.717, 1.165) is 12.8 Å². The topological polar surface area (TPSA) is 20.2 Å². The second-order valence-electron chi connectivity index (χ2n) is 4.47. The van der Waals surface area contributed by atoms with Crippen LogP contribution >= 0.6 is 0 Å². The molecule has 1 heteroatoms. The van der Waals surface area contributed by atoms with Crippen LogP contribution < -0.4 is 0 Å². The molecule has 1 unspecified atom stereocenters. The lowest BCUT2D eigenvalue weighted by Crippen LogP contribution is -2.00. The molecule has 1 atom stereocenters. The second-order valence-corrected chi connectivity index (χ2v) is 4.47. The molecule has 0 aromatic heterocycles. The second kappa shape index (κ2) is 9.00. The van der Waals surface area contributed by atoms with E-state index in [1.165, 1.54) is 24.8 Å². The average molecular weight is 232 g/mol. The summed E-state index contributed by atoms with van der Waals surface area (Å²) in [4.78, 5) is 0. The van der Waals surface area contributed by atoms with Crippen molar-refractivity contribution < 1.29 is 5.11 Å². The third-order valence-electron chi connectivity index (χ3n) is 3.06. The molecule has 0 saturated carbocycles. The van der Waals surface area contributed by atoms with E-state index in [-0.39, 0.29) is 6.61 Å². The predicted octanol–water partition coefficient (Wildman–Crippen LogP) is 4.29. The number of hydrogen-bond donors (Lipinski definition) is 1. The SMILES string of the molecule is CCCC/C=C/CC(CCO)c1ccccc1. The van der Waals surface area contributed by atoms with Gasteiger partial charge in [-0.05, 0) is 30.7 Å². The molecule has 1 N–H and O–H groups in total. The molecule has 0 radical (unpaired) electrons. The van der Waals surface area contributed by atoms with Crippen LogP contribution in [0.5, 0.6) is 0 Å². The highest BCUT2D eigenvalue weighted by atomic mass is 16.3. The fourth-order valence-corrected chi connectivity index (χ4v) is 2.00. The molecular formula is C16H24O. The summed E-state index contributed by atoms with van der Waals surface area (Å²) in [5.74, 6) is 0.457. The summed E-state index contributed by atoms with van der Waals surface area (Å²) in [6.45, 7) is 2.48. The first-order chi connectivity index (χ1) is 8.38. The minimum absolute atomic E-state index is 0.266. The van der Waals surface area contributed by atoms with Crippen molar-refractivity contribution in [2.75, 3.05) is 6.61 Å². The molecule has 0 aliphatic heterocycles. The maximum atomic E-state index is 9.11. The van der Waals surface area contributed by atoms with Crippen LogP contribution in [0.25, 0.3) is 0 Å². The summed E-state index contributed by atoms with van der Waals surface area (Å²) in [7, 11) is 0. The van der Waals surface area contributed by atoms with E-state index in [1.54, 1.807) is 0 Å². The molecule has 17 heavy (non-hydrogen) atoms. The number of aliphatic hydroxyl groups excluding tert-OH is 1. The van der Waals surface area contributed by atoms with Gasteiger partial charge in [0.2, 0.25) is 0 Å². The van der Waals surface area contributed by atoms with Crippen molar-refractivity contribution in [2.45, 2.75) is 44.9 Å². The zero-order valence-corrected chi connectivity index (χ0v) is 10.8. The van der Waals surface area contributed by atoms with Crippen LogP contribution in [0.3, 0.4) is 0 Å². The highest BCUT2D eigenvalue weighted by Gasteiger charge is 2.08. The van der Waals surface area contributed by atoms with Crippen molar-refractivity contribution in [1.29, 1.82) is 0 Å². The van der Waals surface area contributed by atoms with Gasteiger partial charge in [0.15, 0.2) is 0 Å². The van der Waals surface area contributed by atoms with Gasteiger partial charge in [-0.1, -0.05) is 62.2 Å². The first kappa shape index (κ1) is 14.0. The number of aliphatic hydroxyl groups is 1. The minimum atomic E-state index is 0.266. The van der Waals surface area contributed by atoms with Gasteiger partial charge in [-0.3, -0.25) is 0 Å². The normalized spacial score (nSPS) is 13.1. The number of benzene rings is 1. The van der Waals surface area contributed by atoms with Crippen LogP contribution in [0.1, 0.15) is 50.5 Å². The van der Waals surface area contributed by atoms with Gasteiger partial charge in [-0.15, -0.1) is 0 Å². The third-order valence-corrected chi connectivity index (χ3v) is 3.06. The van der Waals surface area contributed by atoms with Gasteiger partial charge in [0.25, 0.3) is 0 Å². The number of rotatable bonds is 8. The quantitative estimate of drug-likeness (QED) is 0.523. The third kappa shape index (κ3) is 5.69. The first-order valence-electron chi connectivity index (χ1n) is 6.69. The summed E-state index contributed by atoms with van der Waals surface area (Å²) in [6, 6.07) is 10.5. The average Bonchev–Trinajstić information content (AvgIpc) is 2.38. The summed E-state index contributed by atoms with van der Waals surface area (Å²) in [5.41, 5.74) is 1.33. The van der Waals surface area contributed by atoms with E-state index in [4.69, 9.17) is 5.11 Å². The van der Waals surface area contributed by atoms with Crippen molar-refractivity contribution >= 4 is 0 Å². The number of hydrogen-bond acceptors (Lipinski definition) is 1. The lowest BCUT2D eigenvalue weighted by atomic mass is 9.92. The van der Waals surface area contributed by atoms with Gasteiger partial charge >= 0.3 is 0 Å². The monoisotopic (exact) mass is 232 g/mol. The predicted molar refractivity (Wildman–Crippen MR) is 74.2 cm³/mol. The summed E-state index contributed by atoms with van der Waals surface area (Å²) < 4.78 is 0. The lowest BCUT2D eigenvalue weighted by molar-refractivity contribution is 0.275. The number of allylic oxidation sites excluding steroid dienone is 2.